The molecule has 1 aliphatic rings. The summed E-state index contributed by atoms with van der Waals surface area (Å²) in [4.78, 5) is 2.35. The third kappa shape index (κ3) is 4.07. The lowest BCUT2D eigenvalue weighted by atomic mass is 9.87. The third-order valence-electron chi connectivity index (χ3n) is 3.42. The Hall–Kier alpha value is -0.160. The third-order valence-corrected chi connectivity index (χ3v) is 3.42. The highest BCUT2D eigenvalue weighted by Crippen LogP contribution is 2.20. The van der Waals surface area contributed by atoms with Crippen molar-refractivity contribution in [1.29, 1.82) is 0 Å². The summed E-state index contributed by atoms with van der Waals surface area (Å²) in [6.45, 7) is 4.25. The number of nitrogens with zero attached hydrogens (tertiary/aromatic N) is 1. The highest BCUT2D eigenvalue weighted by Gasteiger charge is 2.31. The van der Waals surface area contributed by atoms with Crippen LogP contribution in [0.1, 0.15) is 25.7 Å². The Bertz CT molecular complexity index is 167. The standard InChI is InChI=1S/C11H25N3O/c1-14-7-4-11(10-12,5-8-14)13-6-2-3-9-15/h13,15H,2-10,12H2,1H3. The molecule has 4 nitrogen and oxygen atoms in total. The van der Waals surface area contributed by atoms with E-state index >= 15 is 0 Å². The maximum absolute atomic E-state index is 8.70. The second-order valence-corrected chi connectivity index (χ2v) is 4.65. The van der Waals surface area contributed by atoms with E-state index in [4.69, 9.17) is 10.8 Å². The minimum Gasteiger partial charge on any atom is -0.396 e. The lowest BCUT2D eigenvalue weighted by Crippen LogP contribution is -2.57. The molecule has 1 aliphatic heterocycles. The molecular formula is C11H25N3O. The molecule has 1 saturated heterocycles. The summed E-state index contributed by atoms with van der Waals surface area (Å²) < 4.78 is 0. The zero-order valence-corrected chi connectivity index (χ0v) is 9.84. The zero-order valence-electron chi connectivity index (χ0n) is 9.84. The topological polar surface area (TPSA) is 61.5 Å². The first-order valence-electron chi connectivity index (χ1n) is 5.97. The Morgan fingerprint density at radius 2 is 2.00 bits per heavy atom. The van der Waals surface area contributed by atoms with Crippen LogP contribution in [0, 0.1) is 0 Å². The van der Waals surface area contributed by atoms with Gasteiger partial charge in [0.2, 0.25) is 0 Å². The summed E-state index contributed by atoms with van der Waals surface area (Å²) in [5.41, 5.74) is 6.02. The number of aliphatic hydroxyl groups excluding tert-OH is 1. The van der Waals surface area contributed by atoms with E-state index in [1.807, 2.05) is 0 Å². The zero-order chi connectivity index (χ0) is 11.1. The molecule has 0 amide bonds. The average molecular weight is 215 g/mol. The van der Waals surface area contributed by atoms with Crippen LogP contribution in [-0.4, -0.2) is 55.4 Å². The van der Waals surface area contributed by atoms with E-state index in [0.717, 1.165) is 51.9 Å². The van der Waals surface area contributed by atoms with Crippen LogP contribution in [0.2, 0.25) is 0 Å². The van der Waals surface area contributed by atoms with Gasteiger partial charge in [-0.05, 0) is 52.4 Å². The number of nitrogens with one attached hydrogen (secondary N) is 1. The van der Waals surface area contributed by atoms with E-state index in [-0.39, 0.29) is 5.54 Å². The van der Waals surface area contributed by atoms with Crippen molar-refractivity contribution < 1.29 is 5.11 Å². The number of hydrogen-bond acceptors (Lipinski definition) is 4. The molecule has 0 aromatic rings. The number of nitrogens with two attached hydrogens (primary N) is 1. The molecule has 0 aromatic heterocycles. The summed E-state index contributed by atoms with van der Waals surface area (Å²) in [5.74, 6) is 0. The summed E-state index contributed by atoms with van der Waals surface area (Å²) in [7, 11) is 2.16. The predicted octanol–water partition coefficient (Wildman–Crippen LogP) is -0.228. The lowest BCUT2D eigenvalue weighted by Gasteiger charge is -2.40. The first-order valence-corrected chi connectivity index (χ1v) is 5.97. The van der Waals surface area contributed by atoms with E-state index < -0.39 is 0 Å². The molecule has 4 N–H and O–H groups in total. The predicted molar refractivity (Wildman–Crippen MR) is 62.8 cm³/mol. The van der Waals surface area contributed by atoms with Crippen molar-refractivity contribution in [2.24, 2.45) is 5.73 Å². The van der Waals surface area contributed by atoms with Gasteiger partial charge < -0.3 is 21.1 Å². The van der Waals surface area contributed by atoms with Crippen LogP contribution in [0.5, 0.6) is 0 Å². The van der Waals surface area contributed by atoms with Crippen LogP contribution in [0.15, 0.2) is 0 Å². The van der Waals surface area contributed by atoms with E-state index in [2.05, 4.69) is 17.3 Å². The summed E-state index contributed by atoms with van der Waals surface area (Å²) in [5, 5.41) is 12.3. The van der Waals surface area contributed by atoms with Gasteiger partial charge in [-0.15, -0.1) is 0 Å². The highest BCUT2D eigenvalue weighted by atomic mass is 16.2. The second-order valence-electron chi connectivity index (χ2n) is 4.65. The second kappa shape index (κ2) is 6.43. The first kappa shape index (κ1) is 12.9. The number of unbranched alkanes of at least 4 members (excludes halogenated alkanes) is 1. The quantitative estimate of drug-likeness (QED) is 0.536. The van der Waals surface area contributed by atoms with Gasteiger partial charge in [-0.3, -0.25) is 0 Å². The highest BCUT2D eigenvalue weighted by molar-refractivity contribution is 4.93. The molecule has 15 heavy (non-hydrogen) atoms. The van der Waals surface area contributed by atoms with Gasteiger partial charge >= 0.3 is 0 Å². The molecule has 0 spiro atoms. The molecule has 0 radical (unpaired) electrons. The van der Waals surface area contributed by atoms with Gasteiger partial charge in [0.1, 0.15) is 0 Å². The largest absolute Gasteiger partial charge is 0.396 e. The number of piperidine rings is 1. The normalized spacial score (nSPS) is 21.8. The fourth-order valence-corrected chi connectivity index (χ4v) is 2.09. The van der Waals surface area contributed by atoms with Crippen LogP contribution < -0.4 is 11.1 Å². The summed E-state index contributed by atoms with van der Waals surface area (Å²) >= 11 is 0. The van der Waals surface area contributed by atoms with Crippen molar-refractivity contribution in [2.75, 3.05) is 39.8 Å². The van der Waals surface area contributed by atoms with Crippen molar-refractivity contribution >= 4 is 0 Å². The Morgan fingerprint density at radius 1 is 1.33 bits per heavy atom. The van der Waals surface area contributed by atoms with E-state index in [1.165, 1.54) is 0 Å². The molecule has 0 unspecified atom stereocenters. The average Bonchev–Trinajstić information content (AvgIpc) is 2.28. The van der Waals surface area contributed by atoms with E-state index in [1.54, 1.807) is 0 Å². The van der Waals surface area contributed by atoms with Crippen LogP contribution in [-0.2, 0) is 0 Å². The van der Waals surface area contributed by atoms with Crippen molar-refractivity contribution in [3.63, 3.8) is 0 Å². The lowest BCUT2D eigenvalue weighted by molar-refractivity contribution is 0.160. The monoisotopic (exact) mass is 215 g/mol. The minimum atomic E-state index is 0.155. The molecule has 4 heteroatoms. The van der Waals surface area contributed by atoms with Crippen molar-refractivity contribution in [3.05, 3.63) is 0 Å². The van der Waals surface area contributed by atoms with Gasteiger partial charge in [-0.25, -0.2) is 0 Å². The van der Waals surface area contributed by atoms with Crippen molar-refractivity contribution in [3.8, 4) is 0 Å². The Labute approximate surface area is 92.8 Å². The van der Waals surface area contributed by atoms with Gasteiger partial charge in [0.25, 0.3) is 0 Å². The van der Waals surface area contributed by atoms with Gasteiger partial charge in [0, 0.05) is 18.7 Å². The maximum Gasteiger partial charge on any atom is 0.0431 e. The molecule has 1 fully saturated rings. The number of aliphatic hydroxyl groups is 1. The Balaban J connectivity index is 2.27. The van der Waals surface area contributed by atoms with Crippen molar-refractivity contribution in [1.82, 2.24) is 10.2 Å². The molecular weight excluding hydrogens is 190 g/mol. The van der Waals surface area contributed by atoms with Crippen LogP contribution in [0.4, 0.5) is 0 Å². The molecule has 0 atom stereocenters. The smallest absolute Gasteiger partial charge is 0.0431 e. The fourth-order valence-electron chi connectivity index (χ4n) is 2.09. The van der Waals surface area contributed by atoms with Gasteiger partial charge in [0.15, 0.2) is 0 Å². The molecule has 0 saturated carbocycles. The summed E-state index contributed by atoms with van der Waals surface area (Å²) in [6, 6.07) is 0. The van der Waals surface area contributed by atoms with Gasteiger partial charge in [-0.2, -0.15) is 0 Å². The van der Waals surface area contributed by atoms with Crippen LogP contribution in [0.3, 0.4) is 0 Å². The SMILES string of the molecule is CN1CCC(CN)(NCCCCO)CC1. The maximum atomic E-state index is 8.70. The number of rotatable bonds is 6. The van der Waals surface area contributed by atoms with Crippen molar-refractivity contribution in [2.45, 2.75) is 31.2 Å². The number of likely N-dealkylation sites (tertiary alicyclic amines) is 1. The summed E-state index contributed by atoms with van der Waals surface area (Å²) in [6.07, 6.45) is 4.19. The molecule has 1 rings (SSSR count). The molecule has 0 aliphatic carbocycles. The molecule has 90 valence electrons. The van der Waals surface area contributed by atoms with E-state index in [0.29, 0.717) is 6.61 Å². The van der Waals surface area contributed by atoms with Crippen LogP contribution in [0.25, 0.3) is 0 Å². The molecule has 0 aromatic carbocycles. The minimum absolute atomic E-state index is 0.155. The Morgan fingerprint density at radius 3 is 2.53 bits per heavy atom. The van der Waals surface area contributed by atoms with Crippen LogP contribution >= 0.6 is 0 Å². The van der Waals surface area contributed by atoms with Gasteiger partial charge in [0.05, 0.1) is 0 Å². The van der Waals surface area contributed by atoms with Gasteiger partial charge in [-0.1, -0.05) is 0 Å². The molecule has 1 heterocycles. The molecule has 0 bridgehead atoms. The Kier molecular flexibility index (Phi) is 5.53. The first-order chi connectivity index (χ1) is 7.22. The number of hydrogen-bond donors (Lipinski definition) is 3. The fraction of sp³-hybridized carbons (Fsp3) is 1.00. The van der Waals surface area contributed by atoms with E-state index in [9.17, 15) is 0 Å².